The van der Waals surface area contributed by atoms with E-state index in [4.69, 9.17) is 9.97 Å². The summed E-state index contributed by atoms with van der Waals surface area (Å²) < 4.78 is 2.31. The summed E-state index contributed by atoms with van der Waals surface area (Å²) in [6.07, 6.45) is 0. The zero-order chi connectivity index (χ0) is 49.0. The second-order valence-corrected chi connectivity index (χ2v) is 20.2. The Morgan fingerprint density at radius 2 is 0.784 bits per heavy atom. The molecule has 0 bridgehead atoms. The van der Waals surface area contributed by atoms with Crippen molar-refractivity contribution >= 4 is 31.6 Å². The van der Waals surface area contributed by atoms with Gasteiger partial charge in [-0.05, 0) is 125 Å². The molecule has 0 amide bonds. The molecule has 2 aromatic heterocycles. The second-order valence-electron chi connectivity index (χ2n) is 19.2. The smallest absolute Gasteiger partial charge is 0.160 e. The highest BCUT2D eigenvalue weighted by atomic mass is 32.1. The van der Waals surface area contributed by atoms with E-state index in [1.807, 2.05) is 0 Å². The molecule has 11 aromatic carbocycles. The number of aromatic nitrogens is 2. The predicted molar refractivity (Wildman–Crippen MR) is 310 cm³/mol. The van der Waals surface area contributed by atoms with Crippen molar-refractivity contribution in [3.05, 3.63) is 301 Å². The molecule has 0 radical (unpaired) electrons. The van der Waals surface area contributed by atoms with Gasteiger partial charge in [-0.2, -0.15) is 0 Å². The molecule has 1 aliphatic carbocycles. The van der Waals surface area contributed by atoms with Crippen LogP contribution in [0.5, 0.6) is 0 Å². The maximum atomic E-state index is 5.33. The minimum Gasteiger partial charge on any atom is -0.226 e. The van der Waals surface area contributed by atoms with Gasteiger partial charge in [0.2, 0.25) is 0 Å². The van der Waals surface area contributed by atoms with Crippen molar-refractivity contribution in [1.82, 2.24) is 9.97 Å². The Morgan fingerprint density at radius 1 is 0.297 bits per heavy atom. The van der Waals surface area contributed by atoms with Gasteiger partial charge in [-0.3, -0.25) is 0 Å². The van der Waals surface area contributed by atoms with Crippen molar-refractivity contribution in [3.8, 4) is 89.4 Å². The lowest BCUT2D eigenvalue weighted by atomic mass is 9.67. The third-order valence-corrected chi connectivity index (χ3v) is 16.1. The summed E-state index contributed by atoms with van der Waals surface area (Å²) in [7, 11) is 0. The summed E-state index contributed by atoms with van der Waals surface area (Å²) in [6, 6.07) is 102. The van der Waals surface area contributed by atoms with Crippen LogP contribution in [0.4, 0.5) is 0 Å². The third-order valence-electron chi connectivity index (χ3n) is 15.0. The maximum Gasteiger partial charge on any atom is 0.160 e. The first-order valence-corrected chi connectivity index (χ1v) is 26.1. The van der Waals surface area contributed by atoms with Crippen LogP contribution >= 0.6 is 11.3 Å². The Morgan fingerprint density at radius 3 is 1.46 bits per heavy atom. The number of hydrogen-bond donors (Lipinski definition) is 0. The van der Waals surface area contributed by atoms with Crippen molar-refractivity contribution < 1.29 is 0 Å². The van der Waals surface area contributed by atoms with Crippen LogP contribution in [0.25, 0.3) is 110 Å². The molecule has 3 heteroatoms. The summed E-state index contributed by atoms with van der Waals surface area (Å²) in [4.78, 5) is 10.6. The average Bonchev–Trinajstić information content (AvgIpc) is 4.06. The lowest BCUT2D eigenvalue weighted by Gasteiger charge is -2.34. The summed E-state index contributed by atoms with van der Waals surface area (Å²) >= 11 is 1.76. The van der Waals surface area contributed by atoms with Crippen molar-refractivity contribution in [2.45, 2.75) is 5.41 Å². The highest BCUT2D eigenvalue weighted by Crippen LogP contribution is 2.57. The van der Waals surface area contributed by atoms with E-state index in [1.165, 1.54) is 65.9 Å². The average molecular weight is 959 g/mol. The van der Waals surface area contributed by atoms with E-state index < -0.39 is 5.41 Å². The fraction of sp³-hybridized carbons (Fsp3) is 0.0141. The topological polar surface area (TPSA) is 25.8 Å². The van der Waals surface area contributed by atoms with E-state index >= 15 is 0 Å². The lowest BCUT2D eigenvalue weighted by molar-refractivity contribution is 0.768. The molecule has 14 rings (SSSR count). The van der Waals surface area contributed by atoms with Crippen molar-refractivity contribution in [3.63, 3.8) is 0 Å². The van der Waals surface area contributed by atoms with E-state index in [0.29, 0.717) is 5.82 Å². The van der Waals surface area contributed by atoms with Gasteiger partial charge in [-0.1, -0.05) is 243 Å². The first-order chi connectivity index (χ1) is 36.7. The molecule has 0 saturated heterocycles. The van der Waals surface area contributed by atoms with Crippen LogP contribution in [-0.4, -0.2) is 9.97 Å². The van der Waals surface area contributed by atoms with Crippen LogP contribution in [0.3, 0.4) is 0 Å². The van der Waals surface area contributed by atoms with E-state index in [1.54, 1.807) is 11.3 Å². The number of benzene rings is 11. The minimum atomic E-state index is -0.481. The first kappa shape index (κ1) is 43.5. The molecule has 0 aliphatic heterocycles. The van der Waals surface area contributed by atoms with Gasteiger partial charge in [-0.25, -0.2) is 9.97 Å². The quantitative estimate of drug-likeness (QED) is 0.144. The molecular weight excluding hydrogens is 913 g/mol. The molecule has 0 N–H and O–H groups in total. The van der Waals surface area contributed by atoms with Gasteiger partial charge in [0, 0.05) is 21.2 Å². The van der Waals surface area contributed by atoms with Crippen molar-refractivity contribution in [2.24, 2.45) is 0 Å². The van der Waals surface area contributed by atoms with Gasteiger partial charge in [-0.15, -0.1) is 11.3 Å². The van der Waals surface area contributed by atoms with Crippen molar-refractivity contribution in [2.75, 3.05) is 0 Å². The van der Waals surface area contributed by atoms with Gasteiger partial charge in [0.25, 0.3) is 0 Å². The molecular formula is C71H46N2S. The number of nitrogens with zero attached hydrogens (tertiary/aromatic N) is 2. The molecule has 346 valence electrons. The summed E-state index contributed by atoms with van der Waals surface area (Å²) in [5.74, 6) is 0.714. The molecule has 13 aromatic rings. The van der Waals surface area contributed by atoms with Gasteiger partial charge in [0.05, 0.1) is 21.3 Å². The highest BCUT2D eigenvalue weighted by Gasteiger charge is 2.46. The molecule has 0 unspecified atom stereocenters. The fourth-order valence-corrected chi connectivity index (χ4v) is 12.8. The van der Waals surface area contributed by atoms with Gasteiger partial charge in [0.15, 0.2) is 5.82 Å². The standard InChI is InChI=1S/C71H46N2S/c1-6-22-47(23-7-1)55-45-60(52-30-20-28-50(42-52)51-29-21-31-54(43-51)70-72-67(49-26-10-3-11-27-49)69-68(73-70)59-37-17-19-39-65(59)74-69)66(48-24-8-2-9-25-48)61(46-55)53-40-41-64-62(44-53)58-36-16-18-38-63(58)71(64,56-32-12-4-13-33-56)57-34-14-5-15-35-57/h1-46H. The molecule has 2 nitrogen and oxygen atoms in total. The number of rotatable bonds is 9. The number of fused-ring (bicyclic) bond motifs is 6. The SMILES string of the molecule is c1ccc(-c2cc(-c3cccc(-c4cccc(-c5nc(-c6ccccc6)c6sc7ccccc7c6n5)c4)c3)c(-c3ccccc3)c(-c3ccc4c(c3)-c3ccccc3C4(c3ccccc3)c3ccccc3)c2)cc1. The summed E-state index contributed by atoms with van der Waals surface area (Å²) in [5, 5.41) is 1.15. The van der Waals surface area contributed by atoms with E-state index in [9.17, 15) is 0 Å². The van der Waals surface area contributed by atoms with Gasteiger partial charge < -0.3 is 0 Å². The largest absolute Gasteiger partial charge is 0.226 e. The van der Waals surface area contributed by atoms with E-state index in [0.717, 1.165) is 60.2 Å². The van der Waals surface area contributed by atoms with Crippen LogP contribution in [0.1, 0.15) is 22.3 Å². The first-order valence-electron chi connectivity index (χ1n) is 25.3. The van der Waals surface area contributed by atoms with Crippen LogP contribution in [0.2, 0.25) is 0 Å². The number of hydrogen-bond acceptors (Lipinski definition) is 3. The maximum absolute atomic E-state index is 5.33. The van der Waals surface area contributed by atoms with Crippen LogP contribution in [0, 0.1) is 0 Å². The molecule has 0 spiro atoms. The Hall–Kier alpha value is -9.28. The van der Waals surface area contributed by atoms with E-state index in [-0.39, 0.29) is 0 Å². The zero-order valence-electron chi connectivity index (χ0n) is 40.4. The second kappa shape index (κ2) is 18.1. The Labute approximate surface area is 435 Å². The normalized spacial score (nSPS) is 12.4. The molecule has 1 aliphatic rings. The van der Waals surface area contributed by atoms with Gasteiger partial charge >= 0.3 is 0 Å². The lowest BCUT2D eigenvalue weighted by Crippen LogP contribution is -2.28. The van der Waals surface area contributed by atoms with E-state index in [2.05, 4.69) is 279 Å². The minimum absolute atomic E-state index is 0.481. The summed E-state index contributed by atoms with van der Waals surface area (Å²) in [5.41, 5.74) is 22.7. The summed E-state index contributed by atoms with van der Waals surface area (Å²) in [6.45, 7) is 0. The highest BCUT2D eigenvalue weighted by molar-refractivity contribution is 7.26. The van der Waals surface area contributed by atoms with Gasteiger partial charge in [0.1, 0.15) is 0 Å². The molecule has 0 atom stereocenters. The van der Waals surface area contributed by atoms with Crippen LogP contribution in [-0.2, 0) is 5.41 Å². The fourth-order valence-electron chi connectivity index (χ4n) is 11.6. The predicted octanol–water partition coefficient (Wildman–Crippen LogP) is 18.9. The molecule has 2 heterocycles. The van der Waals surface area contributed by atoms with Crippen LogP contribution < -0.4 is 0 Å². The Balaban J connectivity index is 0.955. The molecule has 0 fully saturated rings. The number of thiophene rings is 1. The zero-order valence-corrected chi connectivity index (χ0v) is 41.2. The van der Waals surface area contributed by atoms with Crippen LogP contribution in [0.15, 0.2) is 279 Å². The Bertz CT molecular complexity index is 4180. The molecule has 0 saturated carbocycles. The monoisotopic (exact) mass is 958 g/mol. The molecule has 74 heavy (non-hydrogen) atoms. The van der Waals surface area contributed by atoms with Crippen molar-refractivity contribution in [1.29, 1.82) is 0 Å². The third kappa shape index (κ3) is 7.24. The Kier molecular flexibility index (Phi) is 10.6.